The Bertz CT molecular complexity index is 151. The lowest BCUT2D eigenvalue weighted by Gasteiger charge is -2.13. The molecule has 0 saturated carbocycles. The molecule has 1 rings (SSSR count). The summed E-state index contributed by atoms with van der Waals surface area (Å²) in [4.78, 5) is 0. The Labute approximate surface area is 78.1 Å². The van der Waals surface area contributed by atoms with Gasteiger partial charge in [-0.05, 0) is 6.42 Å². The molecule has 1 aliphatic heterocycles. The fourth-order valence-electron chi connectivity index (χ4n) is 1.62. The van der Waals surface area contributed by atoms with Crippen LogP contribution in [0.2, 0.25) is 0 Å². The molecule has 0 spiro atoms. The van der Waals surface area contributed by atoms with E-state index in [1.54, 1.807) is 0 Å². The predicted octanol–water partition coefficient (Wildman–Crippen LogP) is -0.342. The van der Waals surface area contributed by atoms with Crippen molar-refractivity contribution in [2.75, 3.05) is 6.61 Å². The third-order valence-electron chi connectivity index (χ3n) is 2.48. The Balaban J connectivity index is 2.40. The SMILES string of the molecule is CCCCC1OC(CO)C(O)C1O. The molecule has 1 fully saturated rings. The molecular weight excluding hydrogens is 172 g/mol. The molecule has 0 aliphatic carbocycles. The van der Waals surface area contributed by atoms with Crippen LogP contribution >= 0.6 is 0 Å². The monoisotopic (exact) mass is 190 g/mol. The first kappa shape index (κ1) is 10.9. The number of unbranched alkanes of at least 4 members (excludes halogenated alkanes) is 1. The van der Waals surface area contributed by atoms with E-state index in [0.717, 1.165) is 19.3 Å². The van der Waals surface area contributed by atoms with Crippen molar-refractivity contribution in [2.45, 2.75) is 50.6 Å². The van der Waals surface area contributed by atoms with Crippen LogP contribution in [0.15, 0.2) is 0 Å². The topological polar surface area (TPSA) is 69.9 Å². The lowest BCUT2D eigenvalue weighted by Crippen LogP contribution is -2.33. The maximum absolute atomic E-state index is 9.50. The molecule has 0 amide bonds. The zero-order chi connectivity index (χ0) is 9.84. The number of rotatable bonds is 4. The first-order valence-electron chi connectivity index (χ1n) is 4.83. The van der Waals surface area contributed by atoms with Gasteiger partial charge in [-0.25, -0.2) is 0 Å². The number of hydrogen-bond acceptors (Lipinski definition) is 4. The summed E-state index contributed by atoms with van der Waals surface area (Å²) < 4.78 is 5.29. The average molecular weight is 190 g/mol. The molecule has 3 N–H and O–H groups in total. The molecular formula is C9H18O4. The van der Waals surface area contributed by atoms with Crippen LogP contribution in [0.4, 0.5) is 0 Å². The van der Waals surface area contributed by atoms with E-state index in [1.807, 2.05) is 0 Å². The molecule has 0 radical (unpaired) electrons. The normalized spacial score (nSPS) is 39.7. The fraction of sp³-hybridized carbons (Fsp3) is 1.00. The van der Waals surface area contributed by atoms with Crippen LogP contribution in [0.1, 0.15) is 26.2 Å². The summed E-state index contributed by atoms with van der Waals surface area (Å²) in [5.74, 6) is 0. The van der Waals surface area contributed by atoms with Crippen LogP contribution in [0.25, 0.3) is 0 Å². The van der Waals surface area contributed by atoms with Crippen molar-refractivity contribution >= 4 is 0 Å². The summed E-state index contributed by atoms with van der Waals surface area (Å²) in [7, 11) is 0. The second kappa shape index (κ2) is 4.91. The van der Waals surface area contributed by atoms with Crippen LogP contribution in [-0.2, 0) is 4.74 Å². The van der Waals surface area contributed by atoms with Crippen molar-refractivity contribution in [1.29, 1.82) is 0 Å². The van der Waals surface area contributed by atoms with Gasteiger partial charge in [0, 0.05) is 0 Å². The first-order chi connectivity index (χ1) is 6.20. The van der Waals surface area contributed by atoms with Crippen LogP contribution in [0.3, 0.4) is 0 Å². The van der Waals surface area contributed by atoms with Gasteiger partial charge in [-0.1, -0.05) is 19.8 Å². The molecule has 4 nitrogen and oxygen atoms in total. The standard InChI is InChI=1S/C9H18O4/c1-2-3-4-6-8(11)9(12)7(5-10)13-6/h6-12H,2-5H2,1H3. The molecule has 4 unspecified atom stereocenters. The first-order valence-corrected chi connectivity index (χ1v) is 4.83. The minimum atomic E-state index is -0.938. The highest BCUT2D eigenvalue weighted by Gasteiger charge is 2.41. The van der Waals surface area contributed by atoms with E-state index >= 15 is 0 Å². The van der Waals surface area contributed by atoms with Crippen LogP contribution < -0.4 is 0 Å². The second-order valence-electron chi connectivity index (χ2n) is 3.52. The second-order valence-corrected chi connectivity index (χ2v) is 3.52. The molecule has 13 heavy (non-hydrogen) atoms. The highest BCUT2D eigenvalue weighted by atomic mass is 16.6. The number of aliphatic hydroxyl groups is 3. The van der Waals surface area contributed by atoms with Gasteiger partial charge in [-0.15, -0.1) is 0 Å². The Kier molecular flexibility index (Phi) is 4.12. The third kappa shape index (κ3) is 2.40. The van der Waals surface area contributed by atoms with Crippen molar-refractivity contribution in [3.05, 3.63) is 0 Å². The molecule has 1 aliphatic rings. The Morgan fingerprint density at radius 1 is 1.15 bits per heavy atom. The van der Waals surface area contributed by atoms with E-state index in [-0.39, 0.29) is 12.7 Å². The maximum atomic E-state index is 9.50. The molecule has 0 aromatic carbocycles. The third-order valence-corrected chi connectivity index (χ3v) is 2.48. The summed E-state index contributed by atoms with van der Waals surface area (Å²) in [6.45, 7) is 1.82. The predicted molar refractivity (Wildman–Crippen MR) is 47.3 cm³/mol. The molecule has 0 aromatic heterocycles. The molecule has 0 aromatic rings. The molecule has 1 saturated heterocycles. The van der Waals surface area contributed by atoms with Gasteiger partial charge in [0.05, 0.1) is 12.7 Å². The average Bonchev–Trinajstić information content (AvgIpc) is 2.41. The van der Waals surface area contributed by atoms with Gasteiger partial charge in [0.15, 0.2) is 0 Å². The quantitative estimate of drug-likeness (QED) is 0.567. The van der Waals surface area contributed by atoms with Crippen molar-refractivity contribution in [1.82, 2.24) is 0 Å². The van der Waals surface area contributed by atoms with E-state index in [1.165, 1.54) is 0 Å². The number of ether oxygens (including phenoxy) is 1. The van der Waals surface area contributed by atoms with Gasteiger partial charge in [0.1, 0.15) is 18.3 Å². The van der Waals surface area contributed by atoms with Gasteiger partial charge >= 0.3 is 0 Å². The lowest BCUT2D eigenvalue weighted by molar-refractivity contribution is -0.0245. The van der Waals surface area contributed by atoms with E-state index in [0.29, 0.717) is 0 Å². The van der Waals surface area contributed by atoms with Gasteiger partial charge in [-0.2, -0.15) is 0 Å². The van der Waals surface area contributed by atoms with Gasteiger partial charge < -0.3 is 20.1 Å². The van der Waals surface area contributed by atoms with Gasteiger partial charge in [0.2, 0.25) is 0 Å². The van der Waals surface area contributed by atoms with Crippen molar-refractivity contribution < 1.29 is 20.1 Å². The van der Waals surface area contributed by atoms with Gasteiger partial charge in [-0.3, -0.25) is 0 Å². The smallest absolute Gasteiger partial charge is 0.111 e. The molecule has 1 heterocycles. The molecule has 0 bridgehead atoms. The van der Waals surface area contributed by atoms with E-state index < -0.39 is 18.3 Å². The zero-order valence-electron chi connectivity index (χ0n) is 7.89. The largest absolute Gasteiger partial charge is 0.394 e. The Morgan fingerprint density at radius 2 is 1.77 bits per heavy atom. The Morgan fingerprint density at radius 3 is 2.23 bits per heavy atom. The molecule has 4 atom stereocenters. The Hall–Kier alpha value is -0.160. The number of hydrogen-bond donors (Lipinski definition) is 3. The van der Waals surface area contributed by atoms with Crippen LogP contribution in [-0.4, -0.2) is 46.3 Å². The highest BCUT2D eigenvalue weighted by molar-refractivity contribution is 4.89. The van der Waals surface area contributed by atoms with Crippen LogP contribution in [0.5, 0.6) is 0 Å². The van der Waals surface area contributed by atoms with E-state index in [9.17, 15) is 10.2 Å². The van der Waals surface area contributed by atoms with Crippen molar-refractivity contribution in [3.63, 3.8) is 0 Å². The summed E-state index contributed by atoms with van der Waals surface area (Å²) in [5.41, 5.74) is 0. The maximum Gasteiger partial charge on any atom is 0.111 e. The van der Waals surface area contributed by atoms with Crippen molar-refractivity contribution in [2.24, 2.45) is 0 Å². The lowest BCUT2D eigenvalue weighted by atomic mass is 10.0. The summed E-state index contributed by atoms with van der Waals surface area (Å²) in [6.07, 6.45) is 0.0316. The molecule has 78 valence electrons. The van der Waals surface area contributed by atoms with Crippen molar-refractivity contribution in [3.8, 4) is 0 Å². The summed E-state index contributed by atoms with van der Waals surface area (Å²) in [5, 5.41) is 27.7. The van der Waals surface area contributed by atoms with Crippen LogP contribution in [0, 0.1) is 0 Å². The van der Waals surface area contributed by atoms with E-state index in [2.05, 4.69) is 6.92 Å². The fourth-order valence-corrected chi connectivity index (χ4v) is 1.62. The summed E-state index contributed by atoms with van der Waals surface area (Å²) in [6, 6.07) is 0. The minimum absolute atomic E-state index is 0.235. The molecule has 4 heteroatoms. The summed E-state index contributed by atoms with van der Waals surface area (Å²) >= 11 is 0. The highest BCUT2D eigenvalue weighted by Crippen LogP contribution is 2.24. The van der Waals surface area contributed by atoms with E-state index in [4.69, 9.17) is 9.84 Å². The number of aliphatic hydroxyl groups excluding tert-OH is 3. The minimum Gasteiger partial charge on any atom is -0.394 e. The van der Waals surface area contributed by atoms with Gasteiger partial charge in [0.25, 0.3) is 0 Å². The zero-order valence-corrected chi connectivity index (χ0v) is 7.89.